The van der Waals surface area contributed by atoms with Gasteiger partial charge < -0.3 is 35.8 Å². The number of ketones is 1. The number of nitrogens with zero attached hydrogens (tertiary/aromatic N) is 4. The number of rotatable bonds is 34. The van der Waals surface area contributed by atoms with E-state index in [1.807, 2.05) is 121 Å². The molecule has 0 aliphatic carbocycles. The van der Waals surface area contributed by atoms with E-state index in [1.54, 1.807) is 49.1 Å². The maximum atomic E-state index is 13.3. The van der Waals surface area contributed by atoms with E-state index in [4.69, 9.17) is 14.6 Å². The second-order valence-corrected chi connectivity index (χ2v) is 29.3. The molecule has 0 fully saturated rings. The molecular weight excluding hydrogens is 1280 g/mol. The van der Waals surface area contributed by atoms with E-state index in [2.05, 4.69) is 96.6 Å². The van der Waals surface area contributed by atoms with E-state index in [9.17, 15) is 37.2 Å². The molecule has 20 heteroatoms. The largest absolute Gasteiger partial charge is 0.494 e. The Morgan fingerprint density at radius 3 is 1.11 bits per heavy atom. The molecule has 5 N–H and O–H groups in total. The lowest BCUT2D eigenvalue weighted by Crippen LogP contribution is -2.49. The van der Waals surface area contributed by atoms with Gasteiger partial charge >= 0.3 is 5.97 Å². The van der Waals surface area contributed by atoms with E-state index in [1.165, 1.54) is 51.4 Å². The van der Waals surface area contributed by atoms with Gasteiger partial charge in [0.2, 0.25) is 11.8 Å². The highest BCUT2D eigenvalue weighted by Gasteiger charge is 2.26. The number of benzene rings is 6. The van der Waals surface area contributed by atoms with Crippen molar-refractivity contribution in [2.24, 2.45) is 0 Å². The van der Waals surface area contributed by atoms with Gasteiger partial charge in [-0.3, -0.25) is 28.8 Å². The molecule has 4 amide bonds. The van der Waals surface area contributed by atoms with Crippen LogP contribution in [0.5, 0.6) is 11.5 Å². The van der Waals surface area contributed by atoms with Gasteiger partial charge in [-0.15, -0.1) is 0 Å². The number of Topliss-reactive ketones (excluding diaryl/α,β-unsaturated/α-hetero) is 1. The summed E-state index contributed by atoms with van der Waals surface area (Å²) in [6, 6.07) is 43.0. The van der Waals surface area contributed by atoms with Crippen LogP contribution in [0.3, 0.4) is 0 Å². The molecule has 0 aliphatic rings. The fraction of sp³-hybridized carbons (Fsp3) is 0.375. The molecule has 0 bridgehead atoms. The molecule has 100 heavy (non-hydrogen) atoms. The smallest absolute Gasteiger partial charge is 0.322 e. The number of unbranched alkanes of at least 4 members (excludes halogenated alkanes) is 8. The number of hydrogen-bond acceptors (Lipinski definition) is 14. The first-order chi connectivity index (χ1) is 47.7. The summed E-state index contributed by atoms with van der Waals surface area (Å²) in [6.07, 6.45) is 20.3. The standard InChI is InChI=1S/C41H50N4O6S.C39H46N4O5/c1-6-7-8-9-10-23-51-36-21-17-30(18-22-36)33-25-42-38(43-26-33)31-13-11-29(12-14-31)24-37(40(48)44-27-35(46)28-52(5,49)50)45-39(47)32-15-19-34(20-16-32)41(2,3)4;1-5-6-7-8-9-22-48-33-20-16-28(17-21-33)31-24-40-36(41-25-31)29-12-10-27(11-13-29)23-34(38(47)42-26-35(44)45)43-37(46)30-14-18-32(19-15-30)39(2,3)4/h11-22,25-26,37H,6-10,23-24,27-28H2,1-5H3,(H,44,48)(H,45,47);10-21,24-25,34H,5-9,22-23,26H2,1-4H3,(H,42,47)(H,43,46)(H,44,45)/t37-;34-/m00/s1. The number of ether oxygens (including phenoxy) is 2. The van der Waals surface area contributed by atoms with E-state index in [0.717, 1.165) is 92.8 Å². The van der Waals surface area contributed by atoms with Crippen LogP contribution >= 0.6 is 0 Å². The molecule has 8 rings (SSSR count). The number of aliphatic carboxylic acids is 1. The highest BCUT2D eigenvalue weighted by molar-refractivity contribution is 7.91. The Kier molecular flexibility index (Phi) is 29.3. The maximum Gasteiger partial charge on any atom is 0.322 e. The van der Waals surface area contributed by atoms with Crippen molar-refractivity contribution in [3.63, 3.8) is 0 Å². The number of aromatic nitrogens is 4. The molecule has 0 unspecified atom stereocenters. The maximum absolute atomic E-state index is 13.3. The number of carbonyl (C=O) groups is 6. The zero-order valence-electron chi connectivity index (χ0n) is 59.1. The van der Waals surface area contributed by atoms with Crippen LogP contribution in [0.1, 0.15) is 163 Å². The summed E-state index contributed by atoms with van der Waals surface area (Å²) in [5, 5.41) is 19.5. The third-order valence-corrected chi connectivity index (χ3v) is 17.4. The Hall–Kier alpha value is -9.95. The second-order valence-electron chi connectivity index (χ2n) is 27.1. The quantitative estimate of drug-likeness (QED) is 0.0235. The molecule has 2 atom stereocenters. The van der Waals surface area contributed by atoms with Crippen LogP contribution < -0.4 is 30.7 Å². The second kappa shape index (κ2) is 37.9. The molecule has 2 aromatic heterocycles. The number of carboxylic acid groups (broad SMARTS) is 1. The molecule has 0 aliphatic heterocycles. The van der Waals surface area contributed by atoms with Gasteiger partial charge in [-0.1, -0.05) is 204 Å². The van der Waals surface area contributed by atoms with Crippen molar-refractivity contribution >= 4 is 45.2 Å². The van der Waals surface area contributed by atoms with Gasteiger partial charge in [0.05, 0.1) is 19.8 Å². The molecule has 0 saturated carbocycles. The molecule has 0 spiro atoms. The van der Waals surface area contributed by atoms with Crippen LogP contribution in [0, 0.1) is 0 Å². The van der Waals surface area contributed by atoms with Gasteiger partial charge in [-0.05, 0) is 106 Å². The van der Waals surface area contributed by atoms with Crippen molar-refractivity contribution in [3.05, 3.63) is 204 Å². The highest BCUT2D eigenvalue weighted by Crippen LogP contribution is 2.28. The van der Waals surface area contributed by atoms with Gasteiger partial charge in [0.15, 0.2) is 27.3 Å². The van der Waals surface area contributed by atoms with Crippen LogP contribution in [0.2, 0.25) is 0 Å². The minimum absolute atomic E-state index is 0.0672. The predicted molar refractivity (Wildman–Crippen MR) is 393 cm³/mol. The SMILES string of the molecule is CCCCCCCOc1ccc(-c2cnc(-c3ccc(C[C@H](NC(=O)c4ccc(C(C)(C)C)cc4)C(=O)NCC(=O)CS(C)(=O)=O)cc3)nc2)cc1.CCCCCCCOc1ccc(-c2cnc(-c3ccc(C[C@H](NC(=O)c4ccc(C(C)(C)C)cc4)C(=O)NCC(=O)O)cc3)nc2)cc1. The summed E-state index contributed by atoms with van der Waals surface area (Å²) < 4.78 is 34.8. The number of hydrogen-bond donors (Lipinski definition) is 5. The average molecular weight is 1380 g/mol. The first kappa shape index (κ1) is 77.4. The Labute approximate surface area is 589 Å². The number of sulfone groups is 1. The fourth-order valence-electron chi connectivity index (χ4n) is 10.7. The zero-order chi connectivity index (χ0) is 72.2. The molecule has 6 aromatic carbocycles. The average Bonchev–Trinajstić information content (AvgIpc) is 0.844. The van der Waals surface area contributed by atoms with Gasteiger partial charge in [0.25, 0.3) is 11.8 Å². The summed E-state index contributed by atoms with van der Waals surface area (Å²) >= 11 is 0. The van der Waals surface area contributed by atoms with Crippen molar-refractivity contribution in [3.8, 4) is 56.5 Å². The van der Waals surface area contributed by atoms with Crippen LogP contribution in [0.25, 0.3) is 45.0 Å². The zero-order valence-corrected chi connectivity index (χ0v) is 59.9. The third kappa shape index (κ3) is 25.7. The summed E-state index contributed by atoms with van der Waals surface area (Å²) in [6.45, 7) is 17.3. The minimum Gasteiger partial charge on any atom is -0.494 e. The molecule has 0 radical (unpaired) electrons. The van der Waals surface area contributed by atoms with Crippen LogP contribution in [-0.2, 0) is 52.7 Å². The molecule has 528 valence electrons. The van der Waals surface area contributed by atoms with Crippen LogP contribution in [-0.4, -0.2) is 119 Å². The normalized spacial score (nSPS) is 12.0. The topological polar surface area (TPSA) is 275 Å². The lowest BCUT2D eigenvalue weighted by atomic mass is 9.86. The van der Waals surface area contributed by atoms with Crippen molar-refractivity contribution in [2.45, 2.75) is 155 Å². The number of carbonyl (C=O) groups excluding carboxylic acids is 5. The predicted octanol–water partition coefficient (Wildman–Crippen LogP) is 13.5. The first-order valence-electron chi connectivity index (χ1n) is 34.3. The summed E-state index contributed by atoms with van der Waals surface area (Å²) in [4.78, 5) is 94.0. The monoisotopic (exact) mass is 1380 g/mol. The third-order valence-electron chi connectivity index (χ3n) is 16.6. The lowest BCUT2D eigenvalue weighted by Gasteiger charge is -2.20. The first-order valence-corrected chi connectivity index (χ1v) is 36.4. The van der Waals surface area contributed by atoms with Crippen LogP contribution in [0.4, 0.5) is 0 Å². The summed E-state index contributed by atoms with van der Waals surface area (Å²) in [5.74, 6) is -1.79. The number of amides is 4. The van der Waals surface area contributed by atoms with E-state index >= 15 is 0 Å². The van der Waals surface area contributed by atoms with Crippen molar-refractivity contribution in [1.29, 1.82) is 0 Å². The molecular formula is C80H96N8O11S. The Balaban J connectivity index is 0.000000282. The Bertz CT molecular complexity index is 4050. The molecule has 8 aromatic rings. The van der Waals surface area contributed by atoms with E-state index in [-0.39, 0.29) is 23.7 Å². The summed E-state index contributed by atoms with van der Waals surface area (Å²) in [5.41, 5.74) is 9.59. The summed E-state index contributed by atoms with van der Waals surface area (Å²) in [7, 11) is -3.55. The van der Waals surface area contributed by atoms with Gasteiger partial charge in [-0.2, -0.15) is 0 Å². The van der Waals surface area contributed by atoms with Gasteiger partial charge in [0.1, 0.15) is 35.9 Å². The van der Waals surface area contributed by atoms with E-state index < -0.39 is 76.1 Å². The fourth-order valence-corrected chi connectivity index (χ4v) is 11.4. The Morgan fingerprint density at radius 2 is 0.780 bits per heavy atom. The van der Waals surface area contributed by atoms with Crippen molar-refractivity contribution in [1.82, 2.24) is 41.2 Å². The van der Waals surface area contributed by atoms with Crippen LogP contribution in [0.15, 0.2) is 170 Å². The van der Waals surface area contributed by atoms with Gasteiger partial charge in [-0.25, -0.2) is 28.4 Å². The van der Waals surface area contributed by atoms with E-state index in [0.29, 0.717) is 29.4 Å². The molecule has 19 nitrogen and oxygen atoms in total. The molecule has 0 saturated heterocycles. The Morgan fingerprint density at radius 1 is 0.440 bits per heavy atom. The highest BCUT2D eigenvalue weighted by atomic mass is 32.2. The molecule has 2 heterocycles. The minimum atomic E-state index is -3.55. The van der Waals surface area contributed by atoms with Gasteiger partial charge in [0, 0.05) is 77.3 Å². The van der Waals surface area contributed by atoms with Crippen molar-refractivity contribution in [2.75, 3.05) is 38.3 Å². The lowest BCUT2D eigenvalue weighted by molar-refractivity contribution is -0.138. The number of carboxylic acids is 1. The van der Waals surface area contributed by atoms with Crippen molar-refractivity contribution < 1.29 is 51.8 Å². The number of nitrogens with one attached hydrogen (secondary N) is 4.